The van der Waals surface area contributed by atoms with Gasteiger partial charge in [-0.2, -0.15) is 0 Å². The summed E-state index contributed by atoms with van der Waals surface area (Å²) in [7, 11) is 0. The molecule has 0 aliphatic heterocycles. The highest BCUT2D eigenvalue weighted by molar-refractivity contribution is 7.99. The Morgan fingerprint density at radius 3 is 2.88 bits per heavy atom. The summed E-state index contributed by atoms with van der Waals surface area (Å²) in [6, 6.07) is 10.4. The number of thioether (sulfide) groups is 1. The van der Waals surface area contributed by atoms with Crippen LogP contribution < -0.4 is 5.32 Å². The Labute approximate surface area is 153 Å². The summed E-state index contributed by atoms with van der Waals surface area (Å²) in [5, 5.41) is 14.6. The SMILES string of the molecule is Cc1nnc(SCC(=O)Nc2nc(-c3ccccc3)cs2)n1C1CC1. The minimum atomic E-state index is -0.0815. The van der Waals surface area contributed by atoms with Crippen molar-refractivity contribution in [3.05, 3.63) is 41.5 Å². The van der Waals surface area contributed by atoms with Crippen molar-refractivity contribution in [3.8, 4) is 11.3 Å². The third-order valence-corrected chi connectivity index (χ3v) is 5.60. The van der Waals surface area contributed by atoms with Crippen LogP contribution in [0.5, 0.6) is 0 Å². The van der Waals surface area contributed by atoms with Crippen molar-refractivity contribution in [2.75, 3.05) is 11.1 Å². The number of thiazole rings is 1. The zero-order valence-corrected chi connectivity index (χ0v) is 15.3. The fraction of sp³-hybridized carbons (Fsp3) is 0.294. The zero-order valence-electron chi connectivity index (χ0n) is 13.7. The molecular formula is C17H17N5OS2. The van der Waals surface area contributed by atoms with E-state index in [4.69, 9.17) is 0 Å². The number of anilines is 1. The number of amides is 1. The molecule has 6 nitrogen and oxygen atoms in total. The summed E-state index contributed by atoms with van der Waals surface area (Å²) in [6.07, 6.45) is 2.33. The largest absolute Gasteiger partial charge is 0.303 e. The van der Waals surface area contributed by atoms with Crippen LogP contribution in [0.25, 0.3) is 11.3 Å². The number of nitrogens with one attached hydrogen (secondary N) is 1. The molecule has 0 atom stereocenters. The molecule has 8 heteroatoms. The predicted octanol–water partition coefficient (Wildman–Crippen LogP) is 3.78. The highest BCUT2D eigenvalue weighted by Gasteiger charge is 2.28. The molecule has 0 radical (unpaired) electrons. The van der Waals surface area contributed by atoms with E-state index in [-0.39, 0.29) is 5.91 Å². The molecule has 128 valence electrons. The van der Waals surface area contributed by atoms with Crippen molar-refractivity contribution in [2.24, 2.45) is 0 Å². The summed E-state index contributed by atoms with van der Waals surface area (Å²) in [5.74, 6) is 1.13. The van der Waals surface area contributed by atoms with Crippen molar-refractivity contribution >= 4 is 34.1 Å². The Balaban J connectivity index is 1.36. The van der Waals surface area contributed by atoms with Gasteiger partial charge >= 0.3 is 0 Å². The van der Waals surface area contributed by atoms with E-state index in [0.717, 1.165) is 22.2 Å². The molecule has 2 heterocycles. The van der Waals surface area contributed by atoms with Crippen molar-refractivity contribution < 1.29 is 4.79 Å². The van der Waals surface area contributed by atoms with Crippen molar-refractivity contribution in [2.45, 2.75) is 31.0 Å². The highest BCUT2D eigenvalue weighted by atomic mass is 32.2. The van der Waals surface area contributed by atoms with E-state index in [0.29, 0.717) is 16.9 Å². The molecule has 1 aromatic carbocycles. The average molecular weight is 371 g/mol. The van der Waals surface area contributed by atoms with E-state index in [9.17, 15) is 4.79 Å². The summed E-state index contributed by atoms with van der Waals surface area (Å²) in [5.41, 5.74) is 1.92. The van der Waals surface area contributed by atoms with Gasteiger partial charge in [-0.05, 0) is 19.8 Å². The quantitative estimate of drug-likeness (QED) is 0.668. The number of benzene rings is 1. The third-order valence-electron chi connectivity index (χ3n) is 3.90. The van der Waals surface area contributed by atoms with Gasteiger partial charge in [-0.25, -0.2) is 4.98 Å². The first-order valence-corrected chi connectivity index (χ1v) is 9.92. The number of carbonyl (C=O) groups is 1. The van der Waals surface area contributed by atoms with Crippen LogP contribution >= 0.6 is 23.1 Å². The Hall–Kier alpha value is -2.19. The van der Waals surface area contributed by atoms with E-state index >= 15 is 0 Å². The number of rotatable bonds is 6. The maximum Gasteiger partial charge on any atom is 0.236 e. The maximum absolute atomic E-state index is 12.2. The summed E-state index contributed by atoms with van der Waals surface area (Å²) >= 11 is 2.85. The predicted molar refractivity (Wildman–Crippen MR) is 99.9 cm³/mol. The second-order valence-corrected chi connectivity index (χ2v) is 7.67. The van der Waals surface area contributed by atoms with Crippen molar-refractivity contribution in [3.63, 3.8) is 0 Å². The number of carbonyl (C=O) groups excluding carboxylic acids is 1. The van der Waals surface area contributed by atoms with Gasteiger partial charge in [-0.15, -0.1) is 21.5 Å². The minimum Gasteiger partial charge on any atom is -0.303 e. The smallest absolute Gasteiger partial charge is 0.236 e. The third kappa shape index (κ3) is 3.74. The molecule has 1 saturated carbocycles. The monoisotopic (exact) mass is 371 g/mol. The van der Waals surface area contributed by atoms with Crippen molar-refractivity contribution in [1.29, 1.82) is 0 Å². The molecule has 4 rings (SSSR count). The standard InChI is InChI=1S/C17H17N5OS2/c1-11-20-21-17(22(11)13-7-8-13)25-10-15(23)19-16-18-14(9-24-16)12-5-3-2-4-6-12/h2-6,9,13H,7-8,10H2,1H3,(H,18,19,23). The lowest BCUT2D eigenvalue weighted by atomic mass is 10.2. The molecule has 0 unspecified atom stereocenters. The molecule has 1 fully saturated rings. The molecule has 1 amide bonds. The molecule has 1 aliphatic carbocycles. The van der Waals surface area contributed by atoms with E-state index < -0.39 is 0 Å². The minimum absolute atomic E-state index is 0.0815. The molecular weight excluding hydrogens is 354 g/mol. The van der Waals surface area contributed by atoms with Crippen LogP contribution in [0.2, 0.25) is 0 Å². The first-order chi connectivity index (χ1) is 12.2. The fourth-order valence-corrected chi connectivity index (χ4v) is 4.15. The van der Waals surface area contributed by atoms with E-state index in [1.54, 1.807) is 0 Å². The van der Waals surface area contributed by atoms with Crippen LogP contribution in [0.1, 0.15) is 24.7 Å². The van der Waals surface area contributed by atoms with Gasteiger partial charge in [0.25, 0.3) is 0 Å². The maximum atomic E-state index is 12.2. The van der Waals surface area contributed by atoms with Crippen LogP contribution in [0.3, 0.4) is 0 Å². The summed E-state index contributed by atoms with van der Waals surface area (Å²) in [4.78, 5) is 16.7. The lowest BCUT2D eigenvalue weighted by Crippen LogP contribution is -2.14. The summed E-state index contributed by atoms with van der Waals surface area (Å²) < 4.78 is 2.13. The van der Waals surface area contributed by atoms with Crippen LogP contribution in [0, 0.1) is 6.92 Å². The second kappa shape index (κ2) is 6.97. The molecule has 25 heavy (non-hydrogen) atoms. The zero-order chi connectivity index (χ0) is 17.2. The van der Waals surface area contributed by atoms with Gasteiger partial charge in [0.1, 0.15) is 5.82 Å². The molecule has 0 bridgehead atoms. The van der Waals surface area contributed by atoms with Gasteiger partial charge in [-0.3, -0.25) is 4.79 Å². The second-order valence-electron chi connectivity index (χ2n) is 5.87. The topological polar surface area (TPSA) is 72.7 Å². The van der Waals surface area contributed by atoms with E-state index in [1.165, 1.54) is 35.9 Å². The Bertz CT molecular complexity index is 886. The number of nitrogens with zero attached hydrogens (tertiary/aromatic N) is 4. The van der Waals surface area contributed by atoms with Gasteiger partial charge < -0.3 is 9.88 Å². The highest BCUT2D eigenvalue weighted by Crippen LogP contribution is 2.38. The first-order valence-electron chi connectivity index (χ1n) is 8.06. The summed E-state index contributed by atoms with van der Waals surface area (Å²) in [6.45, 7) is 1.95. The number of aryl methyl sites for hydroxylation is 1. The lowest BCUT2D eigenvalue weighted by molar-refractivity contribution is -0.113. The Morgan fingerprint density at radius 2 is 2.12 bits per heavy atom. The van der Waals surface area contributed by atoms with Crippen molar-refractivity contribution in [1.82, 2.24) is 19.7 Å². The average Bonchev–Trinajstić information content (AvgIpc) is 3.23. The van der Waals surface area contributed by atoms with Crippen LogP contribution in [-0.2, 0) is 4.79 Å². The number of hydrogen-bond acceptors (Lipinski definition) is 6. The van der Waals surface area contributed by atoms with Crippen LogP contribution in [0.15, 0.2) is 40.9 Å². The fourth-order valence-electron chi connectivity index (χ4n) is 2.56. The normalized spacial score (nSPS) is 13.8. The molecule has 2 aromatic heterocycles. The van der Waals surface area contributed by atoms with Gasteiger partial charge in [0.2, 0.25) is 5.91 Å². The number of hydrogen-bond donors (Lipinski definition) is 1. The molecule has 1 aliphatic rings. The molecule has 0 saturated heterocycles. The first kappa shape index (κ1) is 16.3. The lowest BCUT2D eigenvalue weighted by Gasteiger charge is -2.06. The van der Waals surface area contributed by atoms with Gasteiger partial charge in [0.05, 0.1) is 11.4 Å². The van der Waals surface area contributed by atoms with Crippen LogP contribution in [-0.4, -0.2) is 31.4 Å². The van der Waals surface area contributed by atoms with E-state index in [1.807, 2.05) is 42.6 Å². The molecule has 1 N–H and O–H groups in total. The molecule has 3 aromatic rings. The number of aromatic nitrogens is 4. The Morgan fingerprint density at radius 1 is 1.32 bits per heavy atom. The Kier molecular flexibility index (Phi) is 4.54. The van der Waals surface area contributed by atoms with Gasteiger partial charge in [0, 0.05) is 17.0 Å². The van der Waals surface area contributed by atoms with Gasteiger partial charge in [0.15, 0.2) is 10.3 Å². The van der Waals surface area contributed by atoms with Gasteiger partial charge in [-0.1, -0.05) is 42.1 Å². The van der Waals surface area contributed by atoms with E-state index in [2.05, 4.69) is 25.1 Å². The molecule has 0 spiro atoms. The van der Waals surface area contributed by atoms with Crippen LogP contribution in [0.4, 0.5) is 5.13 Å².